The summed E-state index contributed by atoms with van der Waals surface area (Å²) in [7, 11) is 0. The van der Waals surface area contributed by atoms with Crippen molar-refractivity contribution in [2.45, 2.75) is 20.0 Å². The van der Waals surface area contributed by atoms with E-state index in [2.05, 4.69) is 5.32 Å². The van der Waals surface area contributed by atoms with Crippen molar-refractivity contribution in [3.05, 3.63) is 59.2 Å². The van der Waals surface area contributed by atoms with Gasteiger partial charge in [0.05, 0.1) is 6.10 Å². The Morgan fingerprint density at radius 2 is 1.80 bits per heavy atom. The third kappa shape index (κ3) is 2.97. The Morgan fingerprint density at radius 1 is 1.15 bits per heavy atom. The van der Waals surface area contributed by atoms with Crippen molar-refractivity contribution in [2.75, 3.05) is 5.32 Å². The number of phenols is 1. The lowest BCUT2D eigenvalue weighted by Crippen LogP contribution is -2.13. The molecule has 2 rings (SSSR count). The van der Waals surface area contributed by atoms with Crippen molar-refractivity contribution in [3.63, 3.8) is 0 Å². The zero-order valence-electron chi connectivity index (χ0n) is 11.4. The van der Waals surface area contributed by atoms with Gasteiger partial charge in [0.25, 0.3) is 5.91 Å². The van der Waals surface area contributed by atoms with Gasteiger partial charge in [0.2, 0.25) is 0 Å². The summed E-state index contributed by atoms with van der Waals surface area (Å²) in [5, 5.41) is 21.8. The second-order valence-electron chi connectivity index (χ2n) is 4.70. The number of rotatable bonds is 3. The van der Waals surface area contributed by atoms with Crippen LogP contribution in [0, 0.1) is 6.92 Å². The smallest absolute Gasteiger partial charge is 0.256 e. The summed E-state index contributed by atoms with van der Waals surface area (Å²) in [6, 6.07) is 11.8. The van der Waals surface area contributed by atoms with Gasteiger partial charge in [-0.2, -0.15) is 0 Å². The van der Waals surface area contributed by atoms with Gasteiger partial charge < -0.3 is 15.5 Å². The summed E-state index contributed by atoms with van der Waals surface area (Å²) >= 11 is 0. The summed E-state index contributed by atoms with van der Waals surface area (Å²) in [5.74, 6) is -0.176. The molecule has 2 aromatic carbocycles. The topological polar surface area (TPSA) is 69.6 Å². The van der Waals surface area contributed by atoms with E-state index in [1.807, 2.05) is 0 Å². The van der Waals surface area contributed by atoms with Crippen LogP contribution in [0.15, 0.2) is 42.5 Å². The van der Waals surface area contributed by atoms with Crippen molar-refractivity contribution in [2.24, 2.45) is 0 Å². The largest absolute Gasteiger partial charge is 0.508 e. The quantitative estimate of drug-likeness (QED) is 0.803. The molecule has 0 aliphatic carbocycles. The fourth-order valence-electron chi connectivity index (χ4n) is 1.91. The molecule has 0 fully saturated rings. The summed E-state index contributed by atoms with van der Waals surface area (Å²) < 4.78 is 0. The van der Waals surface area contributed by atoms with Crippen LogP contribution in [0.2, 0.25) is 0 Å². The van der Waals surface area contributed by atoms with Gasteiger partial charge in [-0.15, -0.1) is 0 Å². The van der Waals surface area contributed by atoms with E-state index in [0.29, 0.717) is 16.8 Å². The van der Waals surface area contributed by atoms with Gasteiger partial charge in [-0.25, -0.2) is 0 Å². The number of hydrogen-bond acceptors (Lipinski definition) is 3. The molecule has 2 aromatic rings. The van der Waals surface area contributed by atoms with Gasteiger partial charge in [-0.1, -0.05) is 18.2 Å². The molecule has 0 saturated heterocycles. The van der Waals surface area contributed by atoms with Gasteiger partial charge in [-0.3, -0.25) is 4.79 Å². The standard InChI is InChI=1S/C16H17NO3/c1-10-14(4-3-5-15(10)19)16(20)17-13-8-6-12(7-9-13)11(2)18/h3-9,11,18-19H,1-2H3,(H,17,20). The molecule has 0 heterocycles. The summed E-state index contributed by atoms with van der Waals surface area (Å²) in [6.07, 6.45) is -0.534. The first-order chi connectivity index (χ1) is 9.49. The van der Waals surface area contributed by atoms with Crippen LogP contribution in [0.25, 0.3) is 0 Å². The van der Waals surface area contributed by atoms with E-state index >= 15 is 0 Å². The number of hydrogen-bond donors (Lipinski definition) is 3. The molecule has 1 unspecified atom stereocenters. The minimum absolute atomic E-state index is 0.0992. The zero-order chi connectivity index (χ0) is 14.7. The van der Waals surface area contributed by atoms with E-state index in [1.165, 1.54) is 0 Å². The summed E-state index contributed by atoms with van der Waals surface area (Å²) in [6.45, 7) is 3.38. The fourth-order valence-corrected chi connectivity index (χ4v) is 1.91. The molecule has 4 heteroatoms. The number of carbonyl (C=O) groups is 1. The zero-order valence-corrected chi connectivity index (χ0v) is 11.4. The molecular weight excluding hydrogens is 254 g/mol. The number of aromatic hydroxyl groups is 1. The second-order valence-corrected chi connectivity index (χ2v) is 4.70. The molecule has 0 radical (unpaired) electrons. The third-order valence-corrected chi connectivity index (χ3v) is 3.20. The lowest BCUT2D eigenvalue weighted by atomic mass is 10.1. The maximum absolute atomic E-state index is 12.1. The Kier molecular flexibility index (Phi) is 4.05. The highest BCUT2D eigenvalue weighted by molar-refractivity contribution is 6.05. The predicted octanol–water partition coefficient (Wildman–Crippen LogP) is 3.01. The molecule has 104 valence electrons. The van der Waals surface area contributed by atoms with E-state index in [-0.39, 0.29) is 11.7 Å². The monoisotopic (exact) mass is 271 g/mol. The highest BCUT2D eigenvalue weighted by Crippen LogP contribution is 2.21. The number of benzene rings is 2. The minimum atomic E-state index is -0.534. The molecular formula is C16H17NO3. The number of nitrogens with one attached hydrogen (secondary N) is 1. The highest BCUT2D eigenvalue weighted by Gasteiger charge is 2.11. The number of aliphatic hydroxyl groups excluding tert-OH is 1. The minimum Gasteiger partial charge on any atom is -0.508 e. The fraction of sp³-hybridized carbons (Fsp3) is 0.188. The molecule has 0 aliphatic heterocycles. The maximum atomic E-state index is 12.1. The van der Waals surface area contributed by atoms with Gasteiger partial charge in [0.1, 0.15) is 5.75 Å². The van der Waals surface area contributed by atoms with Gasteiger partial charge in [0.15, 0.2) is 0 Å². The lowest BCUT2D eigenvalue weighted by molar-refractivity contribution is 0.102. The average Bonchev–Trinajstić information content (AvgIpc) is 2.42. The molecule has 3 N–H and O–H groups in total. The lowest BCUT2D eigenvalue weighted by Gasteiger charge is -2.10. The Labute approximate surface area is 117 Å². The molecule has 0 spiro atoms. The number of aliphatic hydroxyl groups is 1. The first kappa shape index (κ1) is 14.1. The van der Waals surface area contributed by atoms with Gasteiger partial charge >= 0.3 is 0 Å². The molecule has 0 bridgehead atoms. The molecule has 0 saturated carbocycles. The van der Waals surface area contributed by atoms with E-state index in [4.69, 9.17) is 0 Å². The molecule has 20 heavy (non-hydrogen) atoms. The number of amides is 1. The van der Waals surface area contributed by atoms with Crippen LogP contribution in [0.4, 0.5) is 5.69 Å². The number of carbonyl (C=O) groups excluding carboxylic acids is 1. The maximum Gasteiger partial charge on any atom is 0.256 e. The summed E-state index contributed by atoms with van der Waals surface area (Å²) in [5.41, 5.74) is 2.41. The second kappa shape index (κ2) is 5.75. The molecule has 4 nitrogen and oxygen atoms in total. The first-order valence-corrected chi connectivity index (χ1v) is 6.37. The van der Waals surface area contributed by atoms with Crippen LogP contribution in [0.5, 0.6) is 5.75 Å². The van der Waals surface area contributed by atoms with Crippen molar-refractivity contribution in [1.29, 1.82) is 0 Å². The van der Waals surface area contributed by atoms with Crippen LogP contribution in [-0.2, 0) is 0 Å². The molecule has 0 aliphatic rings. The number of anilines is 1. The highest BCUT2D eigenvalue weighted by atomic mass is 16.3. The predicted molar refractivity (Wildman–Crippen MR) is 77.9 cm³/mol. The van der Waals surface area contributed by atoms with Crippen LogP contribution in [0.3, 0.4) is 0 Å². The van der Waals surface area contributed by atoms with Crippen LogP contribution in [-0.4, -0.2) is 16.1 Å². The third-order valence-electron chi connectivity index (χ3n) is 3.20. The molecule has 1 amide bonds. The normalized spacial score (nSPS) is 11.9. The molecule has 1 atom stereocenters. The Bertz CT molecular complexity index is 618. The van der Waals surface area contributed by atoms with Crippen LogP contribution >= 0.6 is 0 Å². The summed E-state index contributed by atoms with van der Waals surface area (Å²) in [4.78, 5) is 12.1. The van der Waals surface area contributed by atoms with Crippen molar-refractivity contribution < 1.29 is 15.0 Å². The van der Waals surface area contributed by atoms with Crippen LogP contribution in [0.1, 0.15) is 34.5 Å². The van der Waals surface area contributed by atoms with Gasteiger partial charge in [0, 0.05) is 16.8 Å². The Balaban J connectivity index is 2.17. The van der Waals surface area contributed by atoms with Crippen molar-refractivity contribution in [3.8, 4) is 5.75 Å². The average molecular weight is 271 g/mol. The Hall–Kier alpha value is -2.33. The van der Waals surface area contributed by atoms with Crippen molar-refractivity contribution >= 4 is 11.6 Å². The Morgan fingerprint density at radius 3 is 2.40 bits per heavy atom. The molecule has 0 aromatic heterocycles. The SMILES string of the molecule is Cc1c(O)cccc1C(=O)Nc1ccc(C(C)O)cc1. The van der Waals surface area contributed by atoms with E-state index in [1.54, 1.807) is 56.3 Å². The van der Waals surface area contributed by atoms with E-state index in [9.17, 15) is 15.0 Å². The number of phenolic OH excluding ortho intramolecular Hbond substituents is 1. The van der Waals surface area contributed by atoms with Crippen molar-refractivity contribution in [1.82, 2.24) is 0 Å². The van der Waals surface area contributed by atoms with Crippen LogP contribution < -0.4 is 5.32 Å². The van der Waals surface area contributed by atoms with Gasteiger partial charge in [-0.05, 0) is 43.7 Å². The van der Waals surface area contributed by atoms with E-state index in [0.717, 1.165) is 5.56 Å². The first-order valence-electron chi connectivity index (χ1n) is 6.37. The van der Waals surface area contributed by atoms with E-state index < -0.39 is 6.10 Å².